The number of hydrogen-bond donors (Lipinski definition) is 1. The van der Waals surface area contributed by atoms with E-state index in [1.807, 2.05) is 13.1 Å². The van der Waals surface area contributed by atoms with Crippen molar-refractivity contribution in [1.29, 1.82) is 0 Å². The van der Waals surface area contributed by atoms with Crippen LogP contribution in [0.25, 0.3) is 0 Å². The fourth-order valence-corrected chi connectivity index (χ4v) is 3.23. The minimum absolute atomic E-state index is 0.238. The number of nitrogens with one attached hydrogen (secondary N) is 1. The van der Waals surface area contributed by atoms with E-state index < -0.39 is 0 Å². The van der Waals surface area contributed by atoms with Crippen molar-refractivity contribution in [3.63, 3.8) is 0 Å². The average molecular weight is 267 g/mol. The number of rotatable bonds is 5. The summed E-state index contributed by atoms with van der Waals surface area (Å²) in [6.45, 7) is 0. The van der Waals surface area contributed by atoms with Gasteiger partial charge in [-0.05, 0) is 43.1 Å². The van der Waals surface area contributed by atoms with Gasteiger partial charge < -0.3 is 10.1 Å². The van der Waals surface area contributed by atoms with Gasteiger partial charge in [-0.1, -0.05) is 42.5 Å². The van der Waals surface area contributed by atoms with Crippen LogP contribution in [0.2, 0.25) is 0 Å². The standard InChI is InChI=1S/C18H21NO/c1-19-17(14-7-6-10-16(13-14)20-2)18(11-12-18)15-8-4-3-5-9-15/h3-10,13,17,19H,11-12H2,1-2H3. The van der Waals surface area contributed by atoms with E-state index >= 15 is 0 Å². The van der Waals surface area contributed by atoms with Crippen molar-refractivity contribution >= 4 is 0 Å². The second-order valence-corrected chi connectivity index (χ2v) is 5.52. The summed E-state index contributed by atoms with van der Waals surface area (Å²) in [5, 5.41) is 3.52. The zero-order chi connectivity index (χ0) is 14.0. The molecule has 20 heavy (non-hydrogen) atoms. The molecule has 1 fully saturated rings. The molecule has 1 unspecified atom stereocenters. The van der Waals surface area contributed by atoms with Gasteiger partial charge in [-0.15, -0.1) is 0 Å². The Labute approximate surface area is 120 Å². The van der Waals surface area contributed by atoms with Crippen molar-refractivity contribution in [2.75, 3.05) is 14.2 Å². The lowest BCUT2D eigenvalue weighted by atomic mass is 9.84. The highest BCUT2D eigenvalue weighted by Crippen LogP contribution is 2.56. The lowest BCUT2D eigenvalue weighted by molar-refractivity contribution is 0.410. The van der Waals surface area contributed by atoms with Crippen LogP contribution in [0.5, 0.6) is 5.75 Å². The highest BCUT2D eigenvalue weighted by atomic mass is 16.5. The molecule has 0 bridgehead atoms. The minimum atomic E-state index is 0.238. The number of ether oxygens (including phenoxy) is 1. The number of benzene rings is 2. The SMILES string of the molecule is CNC(c1cccc(OC)c1)C1(c2ccccc2)CC1. The summed E-state index contributed by atoms with van der Waals surface area (Å²) in [6.07, 6.45) is 2.47. The van der Waals surface area contributed by atoms with E-state index in [1.165, 1.54) is 24.0 Å². The lowest BCUT2D eigenvalue weighted by Gasteiger charge is -2.28. The van der Waals surface area contributed by atoms with E-state index in [9.17, 15) is 0 Å². The van der Waals surface area contributed by atoms with Gasteiger partial charge in [0.2, 0.25) is 0 Å². The summed E-state index contributed by atoms with van der Waals surface area (Å²) in [7, 11) is 3.77. The molecule has 0 spiro atoms. The Hall–Kier alpha value is -1.80. The van der Waals surface area contributed by atoms with Gasteiger partial charge in [-0.25, -0.2) is 0 Å². The van der Waals surface area contributed by atoms with Crippen molar-refractivity contribution in [2.24, 2.45) is 0 Å². The van der Waals surface area contributed by atoms with Crippen LogP contribution >= 0.6 is 0 Å². The van der Waals surface area contributed by atoms with Crippen molar-refractivity contribution in [1.82, 2.24) is 5.32 Å². The van der Waals surface area contributed by atoms with Crippen molar-refractivity contribution in [2.45, 2.75) is 24.3 Å². The molecule has 0 aromatic heterocycles. The number of likely N-dealkylation sites (N-methyl/N-ethyl adjacent to an activating group) is 1. The van der Waals surface area contributed by atoms with E-state index in [-0.39, 0.29) is 5.41 Å². The molecule has 1 aliphatic rings. The second-order valence-electron chi connectivity index (χ2n) is 5.52. The zero-order valence-corrected chi connectivity index (χ0v) is 12.1. The molecule has 2 aromatic carbocycles. The van der Waals surface area contributed by atoms with Gasteiger partial charge in [-0.3, -0.25) is 0 Å². The van der Waals surface area contributed by atoms with E-state index in [4.69, 9.17) is 4.74 Å². The molecule has 1 aliphatic carbocycles. The molecule has 104 valence electrons. The van der Waals surface area contributed by atoms with Crippen LogP contribution in [0.15, 0.2) is 54.6 Å². The van der Waals surface area contributed by atoms with Crippen LogP contribution in [0.1, 0.15) is 30.0 Å². The molecule has 1 saturated carbocycles. The normalized spacial score (nSPS) is 17.5. The number of hydrogen-bond acceptors (Lipinski definition) is 2. The molecule has 0 saturated heterocycles. The summed E-state index contributed by atoms with van der Waals surface area (Å²) < 4.78 is 5.36. The van der Waals surface area contributed by atoms with Crippen LogP contribution in [0, 0.1) is 0 Å². The first-order valence-electron chi connectivity index (χ1n) is 7.17. The first-order valence-corrected chi connectivity index (χ1v) is 7.17. The van der Waals surface area contributed by atoms with E-state index in [0.717, 1.165) is 5.75 Å². The van der Waals surface area contributed by atoms with Gasteiger partial charge in [-0.2, -0.15) is 0 Å². The Balaban J connectivity index is 1.97. The molecular weight excluding hydrogens is 246 g/mol. The van der Waals surface area contributed by atoms with E-state index in [0.29, 0.717) is 6.04 Å². The second kappa shape index (κ2) is 5.29. The minimum Gasteiger partial charge on any atom is -0.497 e. The van der Waals surface area contributed by atoms with Gasteiger partial charge in [0.25, 0.3) is 0 Å². The number of methoxy groups -OCH3 is 1. The van der Waals surface area contributed by atoms with Crippen LogP contribution in [0.3, 0.4) is 0 Å². The fourth-order valence-electron chi connectivity index (χ4n) is 3.23. The topological polar surface area (TPSA) is 21.3 Å². The van der Waals surface area contributed by atoms with Gasteiger partial charge in [0.05, 0.1) is 7.11 Å². The first kappa shape index (κ1) is 13.2. The molecule has 2 nitrogen and oxygen atoms in total. The van der Waals surface area contributed by atoms with Crippen LogP contribution < -0.4 is 10.1 Å². The zero-order valence-electron chi connectivity index (χ0n) is 12.1. The summed E-state index contributed by atoms with van der Waals surface area (Å²) in [5.74, 6) is 0.923. The van der Waals surface area contributed by atoms with E-state index in [2.05, 4.69) is 53.8 Å². The van der Waals surface area contributed by atoms with Crippen molar-refractivity contribution in [3.05, 3.63) is 65.7 Å². The molecule has 1 N–H and O–H groups in total. The summed E-state index contributed by atoms with van der Waals surface area (Å²) in [5.41, 5.74) is 2.97. The largest absolute Gasteiger partial charge is 0.497 e. The Morgan fingerprint density at radius 3 is 2.40 bits per heavy atom. The van der Waals surface area contributed by atoms with Gasteiger partial charge in [0.15, 0.2) is 0 Å². The molecule has 0 heterocycles. The van der Waals surface area contributed by atoms with Gasteiger partial charge in [0, 0.05) is 11.5 Å². The Morgan fingerprint density at radius 2 is 1.80 bits per heavy atom. The third-order valence-electron chi connectivity index (χ3n) is 4.41. The quantitative estimate of drug-likeness (QED) is 0.892. The van der Waals surface area contributed by atoms with Crippen molar-refractivity contribution < 1.29 is 4.74 Å². The van der Waals surface area contributed by atoms with E-state index in [1.54, 1.807) is 7.11 Å². The molecule has 2 aromatic rings. The van der Waals surface area contributed by atoms with Gasteiger partial charge >= 0.3 is 0 Å². The average Bonchev–Trinajstić information content (AvgIpc) is 3.31. The molecular formula is C18H21NO. The Bertz CT molecular complexity index is 575. The summed E-state index contributed by atoms with van der Waals surface area (Å²) in [4.78, 5) is 0. The molecule has 3 rings (SSSR count). The highest BCUT2D eigenvalue weighted by molar-refractivity contribution is 5.40. The van der Waals surface area contributed by atoms with Gasteiger partial charge in [0.1, 0.15) is 5.75 Å². The lowest BCUT2D eigenvalue weighted by Crippen LogP contribution is -2.29. The maximum Gasteiger partial charge on any atom is 0.119 e. The molecule has 0 aliphatic heterocycles. The molecule has 1 atom stereocenters. The summed E-state index contributed by atoms with van der Waals surface area (Å²) in [6, 6.07) is 19.6. The predicted octanol–water partition coefficient (Wildman–Crippen LogP) is 3.69. The molecule has 0 radical (unpaired) electrons. The maximum absolute atomic E-state index is 5.36. The fraction of sp³-hybridized carbons (Fsp3) is 0.333. The molecule has 2 heteroatoms. The smallest absolute Gasteiger partial charge is 0.119 e. The monoisotopic (exact) mass is 267 g/mol. The maximum atomic E-state index is 5.36. The molecule has 0 amide bonds. The Kier molecular flexibility index (Phi) is 3.49. The van der Waals surface area contributed by atoms with Crippen molar-refractivity contribution in [3.8, 4) is 5.75 Å². The predicted molar refractivity (Wildman–Crippen MR) is 82.1 cm³/mol. The third-order valence-corrected chi connectivity index (χ3v) is 4.41. The Morgan fingerprint density at radius 1 is 1.05 bits per heavy atom. The van der Waals surface area contributed by atoms with Crippen LogP contribution in [0.4, 0.5) is 0 Å². The third kappa shape index (κ3) is 2.20. The van der Waals surface area contributed by atoms with Crippen LogP contribution in [-0.2, 0) is 5.41 Å². The van der Waals surface area contributed by atoms with Crippen LogP contribution in [-0.4, -0.2) is 14.2 Å². The highest BCUT2D eigenvalue weighted by Gasteiger charge is 2.50. The first-order chi connectivity index (χ1) is 9.80. The summed E-state index contributed by atoms with van der Waals surface area (Å²) >= 11 is 0.